The zero-order chi connectivity index (χ0) is 14.6. The largest absolute Gasteiger partial charge is 0.300 e. The first-order valence-corrected chi connectivity index (χ1v) is 7.82. The van der Waals surface area contributed by atoms with E-state index in [4.69, 9.17) is 0 Å². The predicted octanol–water partition coefficient (Wildman–Crippen LogP) is 4.96. The second-order valence-electron chi connectivity index (χ2n) is 6.78. The van der Waals surface area contributed by atoms with Crippen LogP contribution in [-0.4, -0.2) is 5.78 Å². The second-order valence-corrected chi connectivity index (χ2v) is 6.78. The SMILES string of the molecule is CC(=O)[C@H]1CC[C@H]2c3ccc4ccccc4c3C=C[C@]12C. The average Bonchev–Trinajstić information content (AvgIpc) is 2.84. The normalized spacial score (nSPS) is 30.2. The fourth-order valence-electron chi connectivity index (χ4n) is 4.63. The number of hydrogen-bond donors (Lipinski definition) is 0. The van der Waals surface area contributed by atoms with E-state index in [0.717, 1.165) is 12.8 Å². The lowest BCUT2D eigenvalue weighted by Crippen LogP contribution is -2.31. The zero-order valence-electron chi connectivity index (χ0n) is 12.6. The summed E-state index contributed by atoms with van der Waals surface area (Å²) in [7, 11) is 0. The lowest BCUT2D eigenvalue weighted by Gasteiger charge is -2.37. The Morgan fingerprint density at radius 2 is 1.95 bits per heavy atom. The molecular formula is C20H20O. The number of carbonyl (C=O) groups excluding carboxylic acids is 1. The Morgan fingerprint density at radius 1 is 1.14 bits per heavy atom. The molecule has 0 amide bonds. The lowest BCUT2D eigenvalue weighted by molar-refractivity contribution is -0.122. The smallest absolute Gasteiger partial charge is 0.133 e. The van der Waals surface area contributed by atoms with Gasteiger partial charge in [0.2, 0.25) is 0 Å². The van der Waals surface area contributed by atoms with E-state index in [1.165, 1.54) is 21.9 Å². The molecule has 1 fully saturated rings. The summed E-state index contributed by atoms with van der Waals surface area (Å²) in [5.74, 6) is 1.00. The molecule has 0 unspecified atom stereocenters. The van der Waals surface area contributed by atoms with Gasteiger partial charge in [-0.05, 0) is 47.6 Å². The molecule has 1 nitrogen and oxygen atoms in total. The Labute approximate surface area is 125 Å². The monoisotopic (exact) mass is 276 g/mol. The van der Waals surface area contributed by atoms with Crippen LogP contribution in [0.25, 0.3) is 16.8 Å². The van der Waals surface area contributed by atoms with Crippen molar-refractivity contribution in [2.24, 2.45) is 11.3 Å². The van der Waals surface area contributed by atoms with Crippen molar-refractivity contribution in [1.82, 2.24) is 0 Å². The van der Waals surface area contributed by atoms with Crippen molar-refractivity contribution in [3.05, 3.63) is 53.6 Å². The van der Waals surface area contributed by atoms with Crippen molar-refractivity contribution < 1.29 is 4.79 Å². The molecule has 0 aromatic heterocycles. The minimum absolute atomic E-state index is 0.00128. The summed E-state index contributed by atoms with van der Waals surface area (Å²) in [6.45, 7) is 4.02. The molecule has 0 aliphatic heterocycles. The number of fused-ring (bicyclic) bond motifs is 5. The van der Waals surface area contributed by atoms with Crippen LogP contribution >= 0.6 is 0 Å². The first-order valence-electron chi connectivity index (χ1n) is 7.82. The molecule has 3 atom stereocenters. The first kappa shape index (κ1) is 12.8. The quantitative estimate of drug-likeness (QED) is 0.719. The third kappa shape index (κ3) is 1.67. The summed E-state index contributed by atoms with van der Waals surface area (Å²) in [5, 5.41) is 2.63. The molecule has 4 rings (SSSR count). The highest BCUT2D eigenvalue weighted by Gasteiger charge is 2.49. The summed E-state index contributed by atoms with van der Waals surface area (Å²) in [4.78, 5) is 12.0. The summed E-state index contributed by atoms with van der Waals surface area (Å²) in [6.07, 6.45) is 6.71. The lowest BCUT2D eigenvalue weighted by atomic mass is 9.66. The van der Waals surface area contributed by atoms with Crippen LogP contribution in [0, 0.1) is 11.3 Å². The van der Waals surface area contributed by atoms with Crippen LogP contribution in [0.4, 0.5) is 0 Å². The van der Waals surface area contributed by atoms with Gasteiger partial charge in [0, 0.05) is 11.3 Å². The fourth-order valence-corrected chi connectivity index (χ4v) is 4.63. The third-order valence-electron chi connectivity index (χ3n) is 5.73. The molecule has 0 heterocycles. The number of ketones is 1. The van der Waals surface area contributed by atoms with E-state index in [2.05, 4.69) is 55.5 Å². The van der Waals surface area contributed by atoms with Gasteiger partial charge in [-0.25, -0.2) is 0 Å². The van der Waals surface area contributed by atoms with Crippen molar-refractivity contribution >= 4 is 22.6 Å². The van der Waals surface area contributed by atoms with Gasteiger partial charge < -0.3 is 0 Å². The number of carbonyl (C=O) groups is 1. The Morgan fingerprint density at radius 3 is 2.76 bits per heavy atom. The summed E-state index contributed by atoms with van der Waals surface area (Å²) >= 11 is 0. The fraction of sp³-hybridized carbons (Fsp3) is 0.350. The highest BCUT2D eigenvalue weighted by atomic mass is 16.1. The molecular weight excluding hydrogens is 256 g/mol. The van der Waals surface area contributed by atoms with Crippen LogP contribution in [0.5, 0.6) is 0 Å². The zero-order valence-corrected chi connectivity index (χ0v) is 12.6. The summed E-state index contributed by atoms with van der Waals surface area (Å²) in [5.41, 5.74) is 2.80. The highest BCUT2D eigenvalue weighted by Crippen LogP contribution is 2.57. The van der Waals surface area contributed by atoms with Crippen LogP contribution < -0.4 is 0 Å². The molecule has 2 aliphatic carbocycles. The van der Waals surface area contributed by atoms with Gasteiger partial charge in [-0.15, -0.1) is 0 Å². The first-order chi connectivity index (χ1) is 10.1. The van der Waals surface area contributed by atoms with Gasteiger partial charge >= 0.3 is 0 Å². The molecule has 2 aromatic carbocycles. The maximum absolute atomic E-state index is 12.0. The predicted molar refractivity (Wildman–Crippen MR) is 87.2 cm³/mol. The third-order valence-corrected chi connectivity index (χ3v) is 5.73. The Balaban J connectivity index is 1.93. The van der Waals surface area contributed by atoms with Crippen molar-refractivity contribution in [3.8, 4) is 0 Å². The van der Waals surface area contributed by atoms with Crippen LogP contribution in [-0.2, 0) is 4.79 Å². The Hall–Kier alpha value is -1.89. The molecule has 0 saturated heterocycles. The van der Waals surface area contributed by atoms with Gasteiger partial charge in [-0.2, -0.15) is 0 Å². The van der Waals surface area contributed by atoms with E-state index in [-0.39, 0.29) is 11.3 Å². The minimum atomic E-state index is 0.00128. The van der Waals surface area contributed by atoms with Gasteiger partial charge in [0.1, 0.15) is 5.78 Å². The van der Waals surface area contributed by atoms with Crippen molar-refractivity contribution in [1.29, 1.82) is 0 Å². The standard InChI is InChI=1S/C20H20O/c1-13(21)18-9-10-19-17-8-7-14-5-3-4-6-15(14)16(17)11-12-20(18,19)2/h3-8,11-12,18-19H,9-10H2,1-2H3/t18-,19+,20-/m1/s1. The molecule has 0 radical (unpaired) electrons. The Bertz CT molecular complexity index is 771. The number of hydrogen-bond acceptors (Lipinski definition) is 1. The van der Waals surface area contributed by atoms with Gasteiger partial charge in [0.05, 0.1) is 0 Å². The molecule has 1 heteroatoms. The molecule has 106 valence electrons. The van der Waals surface area contributed by atoms with E-state index >= 15 is 0 Å². The maximum Gasteiger partial charge on any atom is 0.133 e. The van der Waals surface area contributed by atoms with Crippen LogP contribution in [0.15, 0.2) is 42.5 Å². The molecule has 0 bridgehead atoms. The van der Waals surface area contributed by atoms with Crippen molar-refractivity contribution in [2.75, 3.05) is 0 Å². The van der Waals surface area contributed by atoms with Gasteiger partial charge in [-0.1, -0.05) is 55.5 Å². The van der Waals surface area contributed by atoms with E-state index in [0.29, 0.717) is 11.7 Å². The molecule has 0 N–H and O–H groups in total. The Kier molecular flexibility index (Phi) is 2.63. The van der Waals surface area contributed by atoms with Crippen LogP contribution in [0.1, 0.15) is 43.7 Å². The van der Waals surface area contributed by atoms with Gasteiger partial charge in [0.25, 0.3) is 0 Å². The second kappa shape index (κ2) is 4.30. The molecule has 21 heavy (non-hydrogen) atoms. The molecule has 2 aromatic rings. The van der Waals surface area contributed by atoms with E-state index in [9.17, 15) is 4.79 Å². The maximum atomic E-state index is 12.0. The van der Waals surface area contributed by atoms with E-state index < -0.39 is 0 Å². The average molecular weight is 276 g/mol. The number of rotatable bonds is 1. The van der Waals surface area contributed by atoms with Gasteiger partial charge in [0.15, 0.2) is 0 Å². The van der Waals surface area contributed by atoms with E-state index in [1.54, 1.807) is 6.92 Å². The van der Waals surface area contributed by atoms with Crippen LogP contribution in [0.2, 0.25) is 0 Å². The van der Waals surface area contributed by atoms with Crippen molar-refractivity contribution in [3.63, 3.8) is 0 Å². The molecule has 1 saturated carbocycles. The molecule has 0 spiro atoms. The van der Waals surface area contributed by atoms with Crippen LogP contribution in [0.3, 0.4) is 0 Å². The molecule has 2 aliphatic rings. The van der Waals surface area contributed by atoms with E-state index in [1.807, 2.05) is 0 Å². The highest BCUT2D eigenvalue weighted by molar-refractivity contribution is 5.93. The minimum Gasteiger partial charge on any atom is -0.300 e. The number of benzene rings is 2. The summed E-state index contributed by atoms with van der Waals surface area (Å²) in [6, 6.07) is 13.1. The topological polar surface area (TPSA) is 17.1 Å². The number of Topliss-reactive ketones (excluding diaryl/α,β-unsaturated/α-hetero) is 1. The summed E-state index contributed by atoms with van der Waals surface area (Å²) < 4.78 is 0. The van der Waals surface area contributed by atoms with Gasteiger partial charge in [-0.3, -0.25) is 4.79 Å². The van der Waals surface area contributed by atoms with Crippen molar-refractivity contribution in [2.45, 2.75) is 32.6 Å². The number of allylic oxidation sites excluding steroid dienone is 1.